The van der Waals surface area contributed by atoms with Gasteiger partial charge in [-0.2, -0.15) is 0 Å². The van der Waals surface area contributed by atoms with Crippen molar-refractivity contribution in [2.24, 2.45) is 0 Å². The number of anilines is 3. The summed E-state index contributed by atoms with van der Waals surface area (Å²) in [6.45, 7) is 6.81. The van der Waals surface area contributed by atoms with Crippen molar-refractivity contribution < 1.29 is 14.3 Å². The molecule has 1 heterocycles. The Hall–Kier alpha value is -3.77. The fraction of sp³-hybridized carbons (Fsp3) is 0.185. The summed E-state index contributed by atoms with van der Waals surface area (Å²) in [6, 6.07) is 20.3. The Morgan fingerprint density at radius 2 is 1.71 bits per heavy atom. The number of fused-ring (bicyclic) bond motifs is 1. The van der Waals surface area contributed by atoms with Crippen molar-refractivity contribution in [1.82, 2.24) is 4.98 Å². The van der Waals surface area contributed by atoms with E-state index in [1.165, 1.54) is 0 Å². The highest BCUT2D eigenvalue weighted by molar-refractivity contribution is 6.30. The molecule has 3 aromatic carbocycles. The zero-order chi connectivity index (χ0) is 24.1. The van der Waals surface area contributed by atoms with Crippen molar-refractivity contribution in [3.63, 3.8) is 0 Å². The molecule has 0 unspecified atom stereocenters. The van der Waals surface area contributed by atoms with E-state index in [1.807, 2.05) is 69.3 Å². The van der Waals surface area contributed by atoms with Gasteiger partial charge >= 0.3 is 0 Å². The van der Waals surface area contributed by atoms with Crippen LogP contribution in [0.1, 0.15) is 29.8 Å². The van der Waals surface area contributed by atoms with E-state index in [2.05, 4.69) is 10.6 Å². The highest BCUT2D eigenvalue weighted by Gasteiger charge is 2.13. The van der Waals surface area contributed by atoms with Crippen LogP contribution in [-0.4, -0.2) is 24.1 Å². The van der Waals surface area contributed by atoms with Crippen molar-refractivity contribution in [2.45, 2.75) is 20.8 Å². The Morgan fingerprint density at radius 3 is 2.47 bits per heavy atom. The molecule has 0 bridgehead atoms. The van der Waals surface area contributed by atoms with Crippen molar-refractivity contribution >= 4 is 45.6 Å². The number of ether oxygens (including phenoxy) is 2. The number of rotatable bonds is 8. The molecule has 174 valence electrons. The number of aromatic nitrogens is 1. The maximum absolute atomic E-state index is 12.9. The first-order valence-electron chi connectivity index (χ1n) is 11.1. The van der Waals surface area contributed by atoms with Gasteiger partial charge in [-0.05, 0) is 87.0 Å². The van der Waals surface area contributed by atoms with Gasteiger partial charge in [-0.25, -0.2) is 4.98 Å². The minimum absolute atomic E-state index is 0.229. The second-order valence-electron chi connectivity index (χ2n) is 7.67. The first-order valence-corrected chi connectivity index (χ1v) is 11.5. The van der Waals surface area contributed by atoms with Crippen LogP contribution in [-0.2, 0) is 0 Å². The van der Waals surface area contributed by atoms with E-state index in [9.17, 15) is 4.79 Å². The number of carbonyl (C=O) groups excluding carboxylic acids is 1. The molecule has 0 spiro atoms. The molecule has 7 heteroatoms. The second-order valence-corrected chi connectivity index (χ2v) is 8.11. The summed E-state index contributed by atoms with van der Waals surface area (Å²) < 4.78 is 11.2. The molecule has 0 atom stereocenters. The lowest BCUT2D eigenvalue weighted by Gasteiger charge is -2.13. The molecule has 0 radical (unpaired) electrons. The van der Waals surface area contributed by atoms with Crippen LogP contribution in [0.5, 0.6) is 11.5 Å². The van der Waals surface area contributed by atoms with Crippen LogP contribution in [0, 0.1) is 6.92 Å². The van der Waals surface area contributed by atoms with Crippen LogP contribution >= 0.6 is 11.6 Å². The summed E-state index contributed by atoms with van der Waals surface area (Å²) in [7, 11) is 0. The molecule has 4 aromatic rings. The highest BCUT2D eigenvalue weighted by atomic mass is 35.5. The summed E-state index contributed by atoms with van der Waals surface area (Å²) in [5.74, 6) is 1.67. The predicted octanol–water partition coefficient (Wildman–Crippen LogP) is 6.99. The SMILES string of the molecule is CCOc1ccc(C(=O)Nc2ccc3nc(Nc4cccc(Cl)c4)cc(C)c3c2)cc1OCC. The number of benzene rings is 3. The smallest absolute Gasteiger partial charge is 0.255 e. The predicted molar refractivity (Wildman–Crippen MR) is 138 cm³/mol. The van der Waals surface area contributed by atoms with E-state index in [1.54, 1.807) is 18.2 Å². The van der Waals surface area contributed by atoms with Crippen LogP contribution in [0.4, 0.5) is 17.2 Å². The second kappa shape index (κ2) is 10.4. The molecule has 0 aliphatic heterocycles. The number of nitrogens with zero attached hydrogens (tertiary/aromatic N) is 1. The van der Waals surface area contributed by atoms with Crippen LogP contribution in [0.3, 0.4) is 0 Å². The molecule has 4 rings (SSSR count). The Bertz CT molecular complexity index is 1340. The molecule has 0 aliphatic rings. The number of aryl methyl sites for hydroxylation is 1. The number of carbonyl (C=O) groups is 1. The van der Waals surface area contributed by atoms with Gasteiger partial charge in [-0.15, -0.1) is 0 Å². The average Bonchev–Trinajstić information content (AvgIpc) is 2.81. The molecule has 1 aromatic heterocycles. The molecule has 2 N–H and O–H groups in total. The van der Waals surface area contributed by atoms with Crippen molar-refractivity contribution in [2.75, 3.05) is 23.8 Å². The molecule has 0 saturated heterocycles. The van der Waals surface area contributed by atoms with E-state index < -0.39 is 0 Å². The summed E-state index contributed by atoms with van der Waals surface area (Å²) in [4.78, 5) is 17.6. The number of amides is 1. The van der Waals surface area contributed by atoms with E-state index in [0.29, 0.717) is 41.0 Å². The maximum Gasteiger partial charge on any atom is 0.255 e. The fourth-order valence-electron chi connectivity index (χ4n) is 3.65. The van der Waals surface area contributed by atoms with Gasteiger partial charge in [0.15, 0.2) is 11.5 Å². The van der Waals surface area contributed by atoms with E-state index in [4.69, 9.17) is 26.1 Å². The lowest BCUT2D eigenvalue weighted by atomic mass is 10.1. The van der Waals surface area contributed by atoms with Gasteiger partial charge in [-0.3, -0.25) is 4.79 Å². The Morgan fingerprint density at radius 1 is 0.912 bits per heavy atom. The molecular weight excluding hydrogens is 450 g/mol. The third-order valence-corrected chi connectivity index (χ3v) is 5.41. The summed E-state index contributed by atoms with van der Waals surface area (Å²) in [5, 5.41) is 7.86. The third kappa shape index (κ3) is 5.41. The van der Waals surface area contributed by atoms with Gasteiger partial charge in [0.2, 0.25) is 0 Å². The van der Waals surface area contributed by atoms with Crippen LogP contribution in [0.15, 0.2) is 66.7 Å². The van der Waals surface area contributed by atoms with Gasteiger partial charge in [-0.1, -0.05) is 17.7 Å². The summed E-state index contributed by atoms with van der Waals surface area (Å²) >= 11 is 6.08. The van der Waals surface area contributed by atoms with Crippen molar-refractivity contribution in [3.05, 3.63) is 82.9 Å². The largest absolute Gasteiger partial charge is 0.490 e. The zero-order valence-electron chi connectivity index (χ0n) is 19.3. The van der Waals surface area contributed by atoms with Crippen LogP contribution in [0.25, 0.3) is 10.9 Å². The highest BCUT2D eigenvalue weighted by Crippen LogP contribution is 2.30. The maximum atomic E-state index is 12.9. The Labute approximate surface area is 203 Å². The van der Waals surface area contributed by atoms with Gasteiger partial charge in [0, 0.05) is 27.3 Å². The normalized spacial score (nSPS) is 10.7. The van der Waals surface area contributed by atoms with Crippen molar-refractivity contribution in [3.8, 4) is 11.5 Å². The molecule has 0 saturated carbocycles. The zero-order valence-corrected chi connectivity index (χ0v) is 20.1. The fourth-order valence-corrected chi connectivity index (χ4v) is 3.84. The summed E-state index contributed by atoms with van der Waals surface area (Å²) in [6.07, 6.45) is 0. The molecule has 0 fully saturated rings. The third-order valence-electron chi connectivity index (χ3n) is 5.18. The molecular formula is C27H26ClN3O3. The molecule has 0 aliphatic carbocycles. The number of pyridine rings is 1. The van der Waals surface area contributed by atoms with Crippen LogP contribution in [0.2, 0.25) is 5.02 Å². The Balaban J connectivity index is 1.55. The lowest BCUT2D eigenvalue weighted by molar-refractivity contribution is 0.102. The Kier molecular flexibility index (Phi) is 7.18. The lowest BCUT2D eigenvalue weighted by Crippen LogP contribution is -2.12. The van der Waals surface area contributed by atoms with Gasteiger partial charge in [0.05, 0.1) is 18.7 Å². The molecule has 6 nitrogen and oxygen atoms in total. The first-order chi connectivity index (χ1) is 16.5. The van der Waals surface area contributed by atoms with Gasteiger partial charge < -0.3 is 20.1 Å². The van der Waals surface area contributed by atoms with E-state index in [-0.39, 0.29) is 5.91 Å². The summed E-state index contributed by atoms with van der Waals surface area (Å²) in [5.41, 5.74) is 3.89. The molecule has 34 heavy (non-hydrogen) atoms. The molecule has 1 amide bonds. The van der Waals surface area contributed by atoms with E-state index >= 15 is 0 Å². The topological polar surface area (TPSA) is 72.5 Å². The van der Waals surface area contributed by atoms with Crippen LogP contribution < -0.4 is 20.1 Å². The average molecular weight is 476 g/mol. The number of nitrogens with one attached hydrogen (secondary N) is 2. The number of hydrogen-bond acceptors (Lipinski definition) is 5. The van der Waals surface area contributed by atoms with Crippen molar-refractivity contribution in [1.29, 1.82) is 0 Å². The minimum Gasteiger partial charge on any atom is -0.490 e. The minimum atomic E-state index is -0.229. The van der Waals surface area contributed by atoms with E-state index in [0.717, 1.165) is 28.0 Å². The first kappa shape index (κ1) is 23.4. The number of halogens is 1. The van der Waals surface area contributed by atoms with Gasteiger partial charge in [0.1, 0.15) is 5.82 Å². The van der Waals surface area contributed by atoms with Gasteiger partial charge in [0.25, 0.3) is 5.91 Å². The number of hydrogen-bond donors (Lipinski definition) is 2. The quantitative estimate of drug-likeness (QED) is 0.287. The monoisotopic (exact) mass is 475 g/mol. The standard InChI is InChI=1S/C27H26ClN3O3/c1-4-33-24-12-9-18(14-25(24)34-5-2)27(32)30-21-10-11-23-22(16-21)17(3)13-26(31-23)29-20-8-6-7-19(28)15-20/h6-16H,4-5H2,1-3H3,(H,29,31)(H,30,32).